The number of fused-ring (bicyclic) bond motifs is 1. The molecule has 2 aliphatic rings. The van der Waals surface area contributed by atoms with Gasteiger partial charge in [-0.05, 0) is 25.8 Å². The largest absolute Gasteiger partial charge is 0.492 e. The zero-order chi connectivity index (χ0) is 15.8. The van der Waals surface area contributed by atoms with E-state index in [0.717, 1.165) is 37.2 Å². The number of piperidine rings is 1. The van der Waals surface area contributed by atoms with Crippen LogP contribution in [0.5, 0.6) is 5.75 Å². The summed E-state index contributed by atoms with van der Waals surface area (Å²) in [6, 6.07) is 7.80. The molecular formula is C17H19N3O3. The fraction of sp³-hybridized carbons (Fsp3) is 0.471. The average molecular weight is 313 g/mol. The molecule has 2 aromatic rings. The normalized spacial score (nSPS) is 21.1. The number of para-hydroxylation sites is 1. The predicted octanol–water partition coefficient (Wildman–Crippen LogP) is 2.26. The summed E-state index contributed by atoms with van der Waals surface area (Å²) in [5, 5.41) is 3.85. The van der Waals surface area contributed by atoms with Crippen molar-refractivity contribution in [2.45, 2.75) is 31.6 Å². The van der Waals surface area contributed by atoms with E-state index in [4.69, 9.17) is 9.26 Å². The second-order valence-electron chi connectivity index (χ2n) is 6.18. The first-order valence-corrected chi connectivity index (χ1v) is 8.03. The van der Waals surface area contributed by atoms with Gasteiger partial charge in [0.1, 0.15) is 18.3 Å². The first-order chi connectivity index (χ1) is 11.2. The number of aromatic nitrogens is 2. The zero-order valence-corrected chi connectivity index (χ0v) is 13.1. The fourth-order valence-electron chi connectivity index (χ4n) is 3.41. The molecule has 1 aromatic heterocycles. The van der Waals surface area contributed by atoms with Crippen molar-refractivity contribution in [3.8, 4) is 5.75 Å². The Labute approximate surface area is 134 Å². The second-order valence-corrected chi connectivity index (χ2v) is 6.18. The number of carbonyl (C=O) groups is 1. The third kappa shape index (κ3) is 2.58. The van der Waals surface area contributed by atoms with Crippen molar-refractivity contribution in [1.82, 2.24) is 15.0 Å². The van der Waals surface area contributed by atoms with E-state index in [-0.39, 0.29) is 17.7 Å². The Morgan fingerprint density at radius 3 is 2.78 bits per heavy atom. The Morgan fingerprint density at radius 1 is 1.26 bits per heavy atom. The Bertz CT molecular complexity index is 719. The molecule has 1 aromatic carbocycles. The van der Waals surface area contributed by atoms with E-state index in [1.807, 2.05) is 36.1 Å². The van der Waals surface area contributed by atoms with Gasteiger partial charge in [-0.15, -0.1) is 0 Å². The summed E-state index contributed by atoms with van der Waals surface area (Å²) in [6.45, 7) is 3.72. The molecule has 1 atom stereocenters. The van der Waals surface area contributed by atoms with Crippen LogP contribution in [-0.2, 0) is 4.79 Å². The van der Waals surface area contributed by atoms with Gasteiger partial charge in [0.2, 0.25) is 11.8 Å². The first kappa shape index (κ1) is 14.2. The molecule has 1 amide bonds. The maximum absolute atomic E-state index is 12.8. The van der Waals surface area contributed by atoms with E-state index < -0.39 is 0 Å². The molecule has 0 N–H and O–H groups in total. The fourth-order valence-corrected chi connectivity index (χ4v) is 3.41. The third-order valence-electron chi connectivity index (χ3n) is 4.70. The summed E-state index contributed by atoms with van der Waals surface area (Å²) >= 11 is 0. The highest BCUT2D eigenvalue weighted by atomic mass is 16.5. The molecule has 23 heavy (non-hydrogen) atoms. The molecule has 2 aliphatic heterocycles. The van der Waals surface area contributed by atoms with Crippen LogP contribution in [0.4, 0.5) is 0 Å². The lowest BCUT2D eigenvalue weighted by Crippen LogP contribution is -2.41. The Balaban J connectivity index is 1.42. The molecule has 0 saturated carbocycles. The SMILES string of the molecule is Cc1noc(C2CCN(C(=O)C3COc4ccccc43)CC2)n1. The van der Waals surface area contributed by atoms with Gasteiger partial charge in [0.25, 0.3) is 0 Å². The lowest BCUT2D eigenvalue weighted by Gasteiger charge is -2.32. The van der Waals surface area contributed by atoms with Crippen LogP contribution in [-0.4, -0.2) is 40.6 Å². The van der Waals surface area contributed by atoms with Gasteiger partial charge >= 0.3 is 0 Å². The highest BCUT2D eigenvalue weighted by Crippen LogP contribution is 2.36. The van der Waals surface area contributed by atoms with Gasteiger partial charge in [0.05, 0.1) is 0 Å². The van der Waals surface area contributed by atoms with Crippen LogP contribution in [0, 0.1) is 6.92 Å². The zero-order valence-electron chi connectivity index (χ0n) is 13.1. The molecule has 6 heteroatoms. The Kier molecular flexibility index (Phi) is 3.52. The molecule has 1 fully saturated rings. The maximum atomic E-state index is 12.8. The Hall–Kier alpha value is -2.37. The summed E-state index contributed by atoms with van der Waals surface area (Å²) in [4.78, 5) is 19.1. The number of rotatable bonds is 2. The summed E-state index contributed by atoms with van der Waals surface area (Å²) in [7, 11) is 0. The number of carbonyl (C=O) groups excluding carboxylic acids is 1. The average Bonchev–Trinajstić information content (AvgIpc) is 3.21. The van der Waals surface area contributed by atoms with E-state index >= 15 is 0 Å². The standard InChI is InChI=1S/C17H19N3O3/c1-11-18-16(23-19-11)12-6-8-20(9-7-12)17(21)14-10-22-15-5-3-2-4-13(14)15/h2-5,12,14H,6-10H2,1H3. The van der Waals surface area contributed by atoms with Crippen LogP contribution in [0.1, 0.15) is 42.0 Å². The van der Waals surface area contributed by atoms with Gasteiger partial charge in [-0.3, -0.25) is 4.79 Å². The quantitative estimate of drug-likeness (QED) is 0.850. The molecule has 120 valence electrons. The van der Waals surface area contributed by atoms with Crippen molar-refractivity contribution in [1.29, 1.82) is 0 Å². The smallest absolute Gasteiger partial charge is 0.233 e. The van der Waals surface area contributed by atoms with Gasteiger partial charge in [-0.25, -0.2) is 0 Å². The van der Waals surface area contributed by atoms with Crippen LogP contribution in [0.15, 0.2) is 28.8 Å². The lowest BCUT2D eigenvalue weighted by molar-refractivity contribution is -0.134. The topological polar surface area (TPSA) is 68.5 Å². The van der Waals surface area contributed by atoms with E-state index in [0.29, 0.717) is 18.3 Å². The molecule has 1 saturated heterocycles. The molecule has 6 nitrogen and oxygen atoms in total. The number of benzene rings is 1. The van der Waals surface area contributed by atoms with E-state index in [1.165, 1.54) is 0 Å². The van der Waals surface area contributed by atoms with Crippen LogP contribution in [0.25, 0.3) is 0 Å². The number of hydrogen-bond acceptors (Lipinski definition) is 5. The molecule has 3 heterocycles. The number of amides is 1. The molecule has 0 bridgehead atoms. The second kappa shape index (κ2) is 5.68. The highest BCUT2D eigenvalue weighted by molar-refractivity contribution is 5.85. The monoisotopic (exact) mass is 313 g/mol. The number of aryl methyl sites for hydroxylation is 1. The van der Waals surface area contributed by atoms with Crippen molar-refractivity contribution >= 4 is 5.91 Å². The molecule has 1 unspecified atom stereocenters. The van der Waals surface area contributed by atoms with E-state index in [1.54, 1.807) is 0 Å². The third-order valence-corrected chi connectivity index (χ3v) is 4.70. The first-order valence-electron chi connectivity index (χ1n) is 8.03. The minimum Gasteiger partial charge on any atom is -0.492 e. The van der Waals surface area contributed by atoms with Crippen molar-refractivity contribution in [2.75, 3.05) is 19.7 Å². The van der Waals surface area contributed by atoms with Gasteiger partial charge in [0, 0.05) is 24.6 Å². The molecule has 0 aliphatic carbocycles. The van der Waals surface area contributed by atoms with Crippen molar-refractivity contribution < 1.29 is 14.1 Å². The van der Waals surface area contributed by atoms with Gasteiger partial charge in [-0.1, -0.05) is 23.4 Å². The molecular weight excluding hydrogens is 294 g/mol. The molecule has 0 radical (unpaired) electrons. The number of likely N-dealkylation sites (tertiary alicyclic amines) is 1. The van der Waals surface area contributed by atoms with E-state index in [2.05, 4.69) is 10.1 Å². The van der Waals surface area contributed by atoms with Crippen LogP contribution >= 0.6 is 0 Å². The summed E-state index contributed by atoms with van der Waals surface area (Å²) < 4.78 is 10.9. The number of hydrogen-bond donors (Lipinski definition) is 0. The van der Waals surface area contributed by atoms with Gasteiger partial charge < -0.3 is 14.2 Å². The van der Waals surface area contributed by atoms with Crippen LogP contribution in [0.3, 0.4) is 0 Å². The summed E-state index contributed by atoms with van der Waals surface area (Å²) in [5.41, 5.74) is 1.01. The van der Waals surface area contributed by atoms with E-state index in [9.17, 15) is 4.79 Å². The molecule has 4 rings (SSSR count). The lowest BCUT2D eigenvalue weighted by atomic mass is 9.94. The minimum absolute atomic E-state index is 0.162. The summed E-state index contributed by atoms with van der Waals surface area (Å²) in [6.07, 6.45) is 1.73. The van der Waals surface area contributed by atoms with Crippen molar-refractivity contribution in [2.24, 2.45) is 0 Å². The van der Waals surface area contributed by atoms with Gasteiger partial charge in [0.15, 0.2) is 5.82 Å². The number of ether oxygens (including phenoxy) is 1. The van der Waals surface area contributed by atoms with Crippen molar-refractivity contribution in [3.05, 3.63) is 41.5 Å². The highest BCUT2D eigenvalue weighted by Gasteiger charge is 2.35. The molecule has 0 spiro atoms. The van der Waals surface area contributed by atoms with Gasteiger partial charge in [-0.2, -0.15) is 4.98 Å². The summed E-state index contributed by atoms with van der Waals surface area (Å²) in [5.74, 6) is 2.44. The number of nitrogens with zero attached hydrogens (tertiary/aromatic N) is 3. The van der Waals surface area contributed by atoms with Crippen LogP contribution < -0.4 is 4.74 Å². The predicted molar refractivity (Wildman–Crippen MR) is 82.3 cm³/mol. The van der Waals surface area contributed by atoms with Crippen LogP contribution in [0.2, 0.25) is 0 Å². The maximum Gasteiger partial charge on any atom is 0.233 e. The minimum atomic E-state index is -0.173. The Morgan fingerprint density at radius 2 is 2.04 bits per heavy atom. The van der Waals surface area contributed by atoms with Crippen molar-refractivity contribution in [3.63, 3.8) is 0 Å².